The van der Waals surface area contributed by atoms with Gasteiger partial charge in [-0.1, -0.05) is 12.8 Å². The van der Waals surface area contributed by atoms with E-state index in [9.17, 15) is 0 Å². The van der Waals surface area contributed by atoms with E-state index in [1.165, 1.54) is 64.7 Å². The van der Waals surface area contributed by atoms with Gasteiger partial charge in [-0.15, -0.1) is 0 Å². The number of likely N-dealkylation sites (tertiary alicyclic amines) is 2. The van der Waals surface area contributed by atoms with Crippen LogP contribution >= 0.6 is 0 Å². The summed E-state index contributed by atoms with van der Waals surface area (Å²) in [5, 5.41) is 0. The molecule has 2 aliphatic heterocycles. The van der Waals surface area contributed by atoms with Crippen LogP contribution < -0.4 is 0 Å². The predicted molar refractivity (Wildman–Crippen MR) is 112 cm³/mol. The lowest BCUT2D eigenvalue weighted by Crippen LogP contribution is -2.34. The van der Waals surface area contributed by atoms with E-state index in [0.29, 0.717) is 0 Å². The lowest BCUT2D eigenvalue weighted by molar-refractivity contribution is -0.0150. The fourth-order valence-corrected chi connectivity index (χ4v) is 3.33. The molecule has 4 heteroatoms. The second-order valence-corrected chi connectivity index (χ2v) is 9.73. The Morgan fingerprint density at radius 1 is 0.538 bits per heavy atom. The minimum Gasteiger partial charge on any atom is -0.375 e. The fourth-order valence-electron chi connectivity index (χ4n) is 3.33. The molecule has 0 spiro atoms. The standard InChI is InChI=1S/2C11H23NO/c2*1-11(2,3)13-10-9-12-7-5-4-6-8-12/h2*4-10H2,1-3H3. The zero-order chi connectivity index (χ0) is 19.5. The number of nitrogens with zero attached hydrogens (tertiary/aromatic N) is 2. The third-order valence-electron chi connectivity index (χ3n) is 4.78. The van der Waals surface area contributed by atoms with Crippen LogP contribution in [-0.2, 0) is 9.47 Å². The van der Waals surface area contributed by atoms with Gasteiger partial charge in [0.2, 0.25) is 0 Å². The van der Waals surface area contributed by atoms with Crippen LogP contribution in [0, 0.1) is 0 Å². The van der Waals surface area contributed by atoms with Crippen LogP contribution in [-0.4, -0.2) is 73.5 Å². The van der Waals surface area contributed by atoms with Crippen LogP contribution in [0.25, 0.3) is 0 Å². The first-order valence-electron chi connectivity index (χ1n) is 10.9. The highest BCUT2D eigenvalue weighted by atomic mass is 16.5. The molecule has 156 valence electrons. The fraction of sp³-hybridized carbons (Fsp3) is 1.00. The highest BCUT2D eigenvalue weighted by Crippen LogP contribution is 2.11. The van der Waals surface area contributed by atoms with E-state index in [1.807, 2.05) is 0 Å². The minimum atomic E-state index is 0.0236. The quantitative estimate of drug-likeness (QED) is 0.683. The molecule has 0 radical (unpaired) electrons. The summed E-state index contributed by atoms with van der Waals surface area (Å²) in [7, 11) is 0. The molecule has 0 aromatic rings. The van der Waals surface area contributed by atoms with Crippen molar-refractivity contribution in [2.24, 2.45) is 0 Å². The summed E-state index contributed by atoms with van der Waals surface area (Å²) in [5.41, 5.74) is 0.0472. The van der Waals surface area contributed by atoms with E-state index in [2.05, 4.69) is 51.3 Å². The van der Waals surface area contributed by atoms with Crippen molar-refractivity contribution in [2.75, 3.05) is 52.5 Å². The van der Waals surface area contributed by atoms with Gasteiger partial charge >= 0.3 is 0 Å². The smallest absolute Gasteiger partial charge is 0.0600 e. The molecular formula is C22H46N2O2. The molecule has 2 fully saturated rings. The monoisotopic (exact) mass is 370 g/mol. The molecule has 4 nitrogen and oxygen atoms in total. The number of hydrogen-bond donors (Lipinski definition) is 0. The van der Waals surface area contributed by atoms with E-state index in [4.69, 9.17) is 9.47 Å². The largest absolute Gasteiger partial charge is 0.375 e. The van der Waals surface area contributed by atoms with Gasteiger partial charge in [0.05, 0.1) is 24.4 Å². The number of piperidine rings is 2. The minimum absolute atomic E-state index is 0.0236. The second kappa shape index (κ2) is 12.3. The Hall–Kier alpha value is -0.160. The molecule has 2 saturated heterocycles. The van der Waals surface area contributed by atoms with E-state index in [0.717, 1.165) is 26.3 Å². The van der Waals surface area contributed by atoms with E-state index >= 15 is 0 Å². The predicted octanol–water partition coefficient (Wildman–Crippen LogP) is 4.57. The first-order chi connectivity index (χ1) is 12.2. The van der Waals surface area contributed by atoms with Gasteiger partial charge in [-0.25, -0.2) is 0 Å². The maximum Gasteiger partial charge on any atom is 0.0600 e. The Balaban J connectivity index is 0.000000260. The SMILES string of the molecule is CC(C)(C)OCCN1CCCCC1.CC(C)(C)OCCN1CCCCC1. The lowest BCUT2D eigenvalue weighted by atomic mass is 10.1. The normalized spacial score (nSPS) is 20.5. The van der Waals surface area contributed by atoms with Crippen molar-refractivity contribution in [3.63, 3.8) is 0 Å². The average molecular weight is 371 g/mol. The highest BCUT2D eigenvalue weighted by Gasteiger charge is 2.14. The van der Waals surface area contributed by atoms with Gasteiger partial charge in [0.1, 0.15) is 0 Å². The van der Waals surface area contributed by atoms with Crippen molar-refractivity contribution in [1.82, 2.24) is 9.80 Å². The molecule has 26 heavy (non-hydrogen) atoms. The molecule has 0 bridgehead atoms. The molecule has 0 aliphatic carbocycles. The molecular weight excluding hydrogens is 324 g/mol. The van der Waals surface area contributed by atoms with Gasteiger partial charge in [0.25, 0.3) is 0 Å². The van der Waals surface area contributed by atoms with Crippen LogP contribution in [0.2, 0.25) is 0 Å². The Morgan fingerprint density at radius 2 is 0.846 bits per heavy atom. The summed E-state index contributed by atoms with van der Waals surface area (Å²) in [5.74, 6) is 0. The molecule has 0 amide bonds. The molecule has 2 aliphatic rings. The van der Waals surface area contributed by atoms with Crippen molar-refractivity contribution >= 4 is 0 Å². The lowest BCUT2D eigenvalue weighted by Gasteiger charge is -2.28. The van der Waals surface area contributed by atoms with E-state index < -0.39 is 0 Å². The highest BCUT2D eigenvalue weighted by molar-refractivity contribution is 4.66. The van der Waals surface area contributed by atoms with Crippen LogP contribution in [0.1, 0.15) is 80.1 Å². The molecule has 2 rings (SSSR count). The first kappa shape index (κ1) is 23.9. The molecule has 0 atom stereocenters. The summed E-state index contributed by atoms with van der Waals surface area (Å²) in [4.78, 5) is 5.02. The van der Waals surface area contributed by atoms with Gasteiger partial charge < -0.3 is 19.3 Å². The molecule has 0 N–H and O–H groups in total. The number of rotatable bonds is 6. The molecule has 0 aromatic carbocycles. The molecule has 2 heterocycles. The summed E-state index contributed by atoms with van der Waals surface area (Å²) in [6.45, 7) is 21.7. The van der Waals surface area contributed by atoms with Gasteiger partial charge in [-0.05, 0) is 93.4 Å². The summed E-state index contributed by atoms with van der Waals surface area (Å²) in [6.07, 6.45) is 8.31. The second-order valence-electron chi connectivity index (χ2n) is 9.73. The van der Waals surface area contributed by atoms with Crippen molar-refractivity contribution in [3.05, 3.63) is 0 Å². The van der Waals surface area contributed by atoms with Gasteiger partial charge in [-0.2, -0.15) is 0 Å². The summed E-state index contributed by atoms with van der Waals surface area (Å²) < 4.78 is 11.4. The van der Waals surface area contributed by atoms with Crippen molar-refractivity contribution in [1.29, 1.82) is 0 Å². The van der Waals surface area contributed by atoms with E-state index in [-0.39, 0.29) is 11.2 Å². The van der Waals surface area contributed by atoms with Gasteiger partial charge in [0.15, 0.2) is 0 Å². The zero-order valence-corrected chi connectivity index (χ0v) is 18.6. The Bertz CT molecular complexity index is 301. The molecule has 0 aromatic heterocycles. The van der Waals surface area contributed by atoms with E-state index in [1.54, 1.807) is 0 Å². The van der Waals surface area contributed by atoms with Crippen molar-refractivity contribution in [2.45, 2.75) is 91.3 Å². The molecule has 0 saturated carbocycles. The Labute approximate surface area is 163 Å². The van der Waals surface area contributed by atoms with Crippen LogP contribution in [0.15, 0.2) is 0 Å². The Kier molecular flexibility index (Phi) is 11.3. The third kappa shape index (κ3) is 14.0. The first-order valence-corrected chi connectivity index (χ1v) is 10.9. The van der Waals surface area contributed by atoms with Crippen molar-refractivity contribution in [3.8, 4) is 0 Å². The van der Waals surface area contributed by atoms with Crippen LogP contribution in [0.5, 0.6) is 0 Å². The average Bonchev–Trinajstić information content (AvgIpc) is 2.55. The third-order valence-corrected chi connectivity index (χ3v) is 4.78. The van der Waals surface area contributed by atoms with Crippen LogP contribution in [0.3, 0.4) is 0 Å². The van der Waals surface area contributed by atoms with Gasteiger partial charge in [-0.3, -0.25) is 0 Å². The number of ether oxygens (including phenoxy) is 2. The maximum absolute atomic E-state index is 5.69. The Morgan fingerprint density at radius 3 is 1.12 bits per heavy atom. The maximum atomic E-state index is 5.69. The summed E-state index contributed by atoms with van der Waals surface area (Å²) in [6, 6.07) is 0. The van der Waals surface area contributed by atoms with Crippen LogP contribution in [0.4, 0.5) is 0 Å². The zero-order valence-electron chi connectivity index (χ0n) is 18.6. The number of hydrogen-bond acceptors (Lipinski definition) is 4. The van der Waals surface area contributed by atoms with Crippen molar-refractivity contribution < 1.29 is 9.47 Å². The molecule has 0 unspecified atom stereocenters. The topological polar surface area (TPSA) is 24.9 Å². The van der Waals surface area contributed by atoms with Gasteiger partial charge in [0, 0.05) is 13.1 Å². The summed E-state index contributed by atoms with van der Waals surface area (Å²) >= 11 is 0.